The average molecular weight is 238 g/mol. The van der Waals surface area contributed by atoms with Crippen LogP contribution in [0.15, 0.2) is 36.5 Å². The summed E-state index contributed by atoms with van der Waals surface area (Å²) in [5.41, 5.74) is 3.60. The van der Waals surface area contributed by atoms with Crippen molar-refractivity contribution in [1.29, 1.82) is 0 Å². The van der Waals surface area contributed by atoms with Crippen LogP contribution >= 0.6 is 0 Å². The van der Waals surface area contributed by atoms with Gasteiger partial charge in [0.05, 0.1) is 11.2 Å². The van der Waals surface area contributed by atoms with Gasteiger partial charge in [-0.25, -0.2) is 0 Å². The highest BCUT2D eigenvalue weighted by molar-refractivity contribution is 6.07. The minimum absolute atomic E-state index is 0.714. The van der Waals surface area contributed by atoms with E-state index in [0.29, 0.717) is 5.92 Å². The first-order valence-electron chi connectivity index (χ1n) is 6.60. The highest BCUT2D eigenvalue weighted by atomic mass is 14.8. The molecule has 0 radical (unpaired) electrons. The van der Waals surface area contributed by atoms with E-state index in [-0.39, 0.29) is 0 Å². The standard InChI is InChI=1S/C16H18N2/c1-11(2)7-8-15-16-13(9-10-17-15)12-5-3-4-6-14(12)18-16/h3-6,9-11,18H,7-8H2,1-2H3. The van der Waals surface area contributed by atoms with E-state index >= 15 is 0 Å². The summed E-state index contributed by atoms with van der Waals surface area (Å²) in [5.74, 6) is 0.714. The van der Waals surface area contributed by atoms with Crippen LogP contribution in [0.2, 0.25) is 0 Å². The maximum atomic E-state index is 4.54. The van der Waals surface area contributed by atoms with Gasteiger partial charge in [0, 0.05) is 22.5 Å². The maximum absolute atomic E-state index is 4.54. The molecule has 2 aromatic heterocycles. The molecule has 1 N–H and O–H groups in total. The molecule has 18 heavy (non-hydrogen) atoms. The number of aromatic amines is 1. The van der Waals surface area contributed by atoms with Gasteiger partial charge in [-0.05, 0) is 30.9 Å². The summed E-state index contributed by atoms with van der Waals surface area (Å²) in [7, 11) is 0. The van der Waals surface area contributed by atoms with Gasteiger partial charge in [0.25, 0.3) is 0 Å². The van der Waals surface area contributed by atoms with Gasteiger partial charge in [-0.3, -0.25) is 4.98 Å². The first kappa shape index (κ1) is 11.3. The second-order valence-electron chi connectivity index (χ2n) is 5.28. The SMILES string of the molecule is CC(C)CCc1nccc2c1[nH]c1ccccc12. The minimum atomic E-state index is 0.714. The van der Waals surface area contributed by atoms with E-state index in [4.69, 9.17) is 0 Å². The van der Waals surface area contributed by atoms with E-state index in [1.165, 1.54) is 33.9 Å². The molecule has 2 nitrogen and oxygen atoms in total. The number of nitrogens with zero attached hydrogens (tertiary/aromatic N) is 1. The Bertz CT molecular complexity index is 680. The van der Waals surface area contributed by atoms with Crippen LogP contribution in [0.25, 0.3) is 21.8 Å². The molecule has 0 bridgehead atoms. The smallest absolute Gasteiger partial charge is 0.0684 e. The van der Waals surface area contributed by atoms with Crippen LogP contribution in [0, 0.1) is 5.92 Å². The van der Waals surface area contributed by atoms with Gasteiger partial charge in [-0.2, -0.15) is 0 Å². The Morgan fingerprint density at radius 3 is 2.78 bits per heavy atom. The molecule has 3 aromatic rings. The summed E-state index contributed by atoms with van der Waals surface area (Å²) < 4.78 is 0. The molecule has 2 heteroatoms. The van der Waals surface area contributed by atoms with Gasteiger partial charge < -0.3 is 4.98 Å². The third kappa shape index (κ3) is 1.88. The number of hydrogen-bond donors (Lipinski definition) is 1. The zero-order valence-electron chi connectivity index (χ0n) is 10.9. The van der Waals surface area contributed by atoms with Gasteiger partial charge in [-0.15, -0.1) is 0 Å². The highest BCUT2D eigenvalue weighted by Gasteiger charge is 2.08. The fourth-order valence-corrected chi connectivity index (χ4v) is 2.45. The summed E-state index contributed by atoms with van der Waals surface area (Å²) in [6.45, 7) is 4.51. The summed E-state index contributed by atoms with van der Waals surface area (Å²) in [6.07, 6.45) is 4.15. The number of nitrogens with one attached hydrogen (secondary N) is 1. The van der Waals surface area contributed by atoms with Crippen molar-refractivity contribution in [3.63, 3.8) is 0 Å². The molecule has 0 aliphatic rings. The van der Waals surface area contributed by atoms with Crippen molar-refractivity contribution >= 4 is 21.8 Å². The van der Waals surface area contributed by atoms with Crippen LogP contribution in [-0.2, 0) is 6.42 Å². The van der Waals surface area contributed by atoms with Crippen LogP contribution in [0.4, 0.5) is 0 Å². The molecule has 2 heterocycles. The summed E-state index contributed by atoms with van der Waals surface area (Å²) in [6, 6.07) is 10.6. The van der Waals surface area contributed by atoms with E-state index in [2.05, 4.69) is 54.1 Å². The lowest BCUT2D eigenvalue weighted by atomic mass is 10.0. The lowest BCUT2D eigenvalue weighted by Gasteiger charge is -2.04. The summed E-state index contributed by atoms with van der Waals surface area (Å²) in [4.78, 5) is 8.05. The number of hydrogen-bond acceptors (Lipinski definition) is 1. The van der Waals surface area contributed by atoms with Crippen molar-refractivity contribution in [3.05, 3.63) is 42.2 Å². The summed E-state index contributed by atoms with van der Waals surface area (Å²) in [5, 5.41) is 2.58. The number of fused-ring (bicyclic) bond motifs is 3. The van der Waals surface area contributed by atoms with Crippen molar-refractivity contribution in [2.75, 3.05) is 0 Å². The molecule has 0 spiro atoms. The van der Waals surface area contributed by atoms with Crippen molar-refractivity contribution in [2.24, 2.45) is 5.92 Å². The predicted octanol–water partition coefficient (Wildman–Crippen LogP) is 4.30. The van der Waals surface area contributed by atoms with Crippen molar-refractivity contribution in [2.45, 2.75) is 26.7 Å². The van der Waals surface area contributed by atoms with Crippen LogP contribution < -0.4 is 0 Å². The molecular formula is C16H18N2. The fraction of sp³-hybridized carbons (Fsp3) is 0.312. The predicted molar refractivity (Wildman–Crippen MR) is 76.8 cm³/mol. The molecule has 1 aromatic carbocycles. The topological polar surface area (TPSA) is 28.7 Å². The van der Waals surface area contributed by atoms with Crippen molar-refractivity contribution in [1.82, 2.24) is 9.97 Å². The molecule has 0 aliphatic carbocycles. The number of aromatic nitrogens is 2. The molecular weight excluding hydrogens is 220 g/mol. The van der Waals surface area contributed by atoms with Crippen LogP contribution in [0.3, 0.4) is 0 Å². The maximum Gasteiger partial charge on any atom is 0.0684 e. The lowest BCUT2D eigenvalue weighted by Crippen LogP contribution is -1.95. The molecule has 0 unspecified atom stereocenters. The molecule has 0 saturated carbocycles. The Morgan fingerprint density at radius 2 is 1.94 bits per heavy atom. The number of H-pyrrole nitrogens is 1. The quantitative estimate of drug-likeness (QED) is 0.724. The first-order valence-corrected chi connectivity index (χ1v) is 6.60. The van der Waals surface area contributed by atoms with E-state index in [1.54, 1.807) is 0 Å². The molecule has 0 fully saturated rings. The van der Waals surface area contributed by atoms with Gasteiger partial charge in [0.1, 0.15) is 0 Å². The lowest BCUT2D eigenvalue weighted by molar-refractivity contribution is 0.583. The second-order valence-corrected chi connectivity index (χ2v) is 5.28. The molecule has 0 atom stereocenters. The van der Waals surface area contributed by atoms with E-state index in [9.17, 15) is 0 Å². The van der Waals surface area contributed by atoms with Gasteiger partial charge in [0.15, 0.2) is 0 Å². The molecule has 0 saturated heterocycles. The molecule has 3 rings (SSSR count). The van der Waals surface area contributed by atoms with Gasteiger partial charge >= 0.3 is 0 Å². The highest BCUT2D eigenvalue weighted by Crippen LogP contribution is 2.27. The van der Waals surface area contributed by atoms with Gasteiger partial charge in [0.2, 0.25) is 0 Å². The van der Waals surface area contributed by atoms with Crippen LogP contribution in [0.5, 0.6) is 0 Å². The molecule has 92 valence electrons. The monoisotopic (exact) mass is 238 g/mol. The van der Waals surface area contributed by atoms with E-state index in [0.717, 1.165) is 6.42 Å². The Labute approximate surface area is 107 Å². The minimum Gasteiger partial charge on any atom is -0.353 e. The third-order valence-electron chi connectivity index (χ3n) is 3.46. The molecule has 0 amide bonds. The van der Waals surface area contributed by atoms with Crippen LogP contribution in [0.1, 0.15) is 26.0 Å². The Morgan fingerprint density at radius 1 is 1.11 bits per heavy atom. The van der Waals surface area contributed by atoms with Crippen molar-refractivity contribution < 1.29 is 0 Å². The first-order chi connectivity index (χ1) is 8.75. The average Bonchev–Trinajstić information content (AvgIpc) is 2.75. The second kappa shape index (κ2) is 4.45. The Kier molecular flexibility index (Phi) is 2.78. The third-order valence-corrected chi connectivity index (χ3v) is 3.46. The van der Waals surface area contributed by atoms with E-state index < -0.39 is 0 Å². The number of para-hydroxylation sites is 1. The Hall–Kier alpha value is -1.83. The number of aryl methyl sites for hydroxylation is 1. The fourth-order valence-electron chi connectivity index (χ4n) is 2.45. The normalized spacial score (nSPS) is 11.7. The number of benzene rings is 1. The van der Waals surface area contributed by atoms with Crippen molar-refractivity contribution in [3.8, 4) is 0 Å². The zero-order chi connectivity index (χ0) is 12.5. The molecule has 0 aliphatic heterocycles. The number of pyridine rings is 1. The van der Waals surface area contributed by atoms with Crippen LogP contribution in [-0.4, -0.2) is 9.97 Å². The van der Waals surface area contributed by atoms with E-state index in [1.807, 2.05) is 6.20 Å². The number of rotatable bonds is 3. The van der Waals surface area contributed by atoms with Gasteiger partial charge in [-0.1, -0.05) is 32.0 Å². The summed E-state index contributed by atoms with van der Waals surface area (Å²) >= 11 is 0. The largest absolute Gasteiger partial charge is 0.353 e. The zero-order valence-corrected chi connectivity index (χ0v) is 10.9. The Balaban J connectivity index is 2.15.